The number of carbonyl (C=O) groups excluding carboxylic acids is 2. The Bertz CT molecular complexity index is 933. The predicted octanol–water partition coefficient (Wildman–Crippen LogP) is 6.33. The first-order chi connectivity index (χ1) is 15.8. The summed E-state index contributed by atoms with van der Waals surface area (Å²) >= 11 is 7.92. The molecule has 0 fully saturated rings. The molecule has 0 saturated heterocycles. The van der Waals surface area contributed by atoms with Gasteiger partial charge in [-0.15, -0.1) is 0 Å². The summed E-state index contributed by atoms with van der Waals surface area (Å²) in [6.07, 6.45) is 2.26. The van der Waals surface area contributed by atoms with Crippen LogP contribution in [0, 0.1) is 5.92 Å². The van der Waals surface area contributed by atoms with Crippen molar-refractivity contribution in [1.29, 1.82) is 0 Å². The number of hydrogen-bond donors (Lipinski definition) is 1. The number of benzene rings is 2. The van der Waals surface area contributed by atoms with Crippen molar-refractivity contribution >= 4 is 35.1 Å². The van der Waals surface area contributed by atoms with Crippen LogP contribution in [0.2, 0.25) is 5.02 Å². The van der Waals surface area contributed by atoms with Crippen molar-refractivity contribution in [3.8, 4) is 5.75 Å². The summed E-state index contributed by atoms with van der Waals surface area (Å²) in [6, 6.07) is 12.6. The molecule has 0 bridgehead atoms. The van der Waals surface area contributed by atoms with Gasteiger partial charge in [0.05, 0.1) is 24.7 Å². The van der Waals surface area contributed by atoms with Crippen LogP contribution in [0.5, 0.6) is 5.75 Å². The van der Waals surface area contributed by atoms with Crippen LogP contribution in [-0.2, 0) is 16.0 Å². The van der Waals surface area contributed by atoms with Crippen molar-refractivity contribution in [3.05, 3.63) is 58.6 Å². The standard InChI is InChI=1S/C26H33ClO5S/c1-5-9-20(22(28)6-2)26(30)18-10-8-11-19(16-18)32-25(7-3)33-23-13-12-17(14-21(23)27)15-24(29)31-4/h8,10-14,16,20,22,25,28H,5-7,9,15H2,1-4H3. The van der Waals surface area contributed by atoms with Crippen LogP contribution in [-0.4, -0.2) is 35.5 Å². The van der Waals surface area contributed by atoms with Crippen molar-refractivity contribution in [2.45, 2.75) is 69.3 Å². The van der Waals surface area contributed by atoms with Gasteiger partial charge in [0.1, 0.15) is 11.2 Å². The van der Waals surface area contributed by atoms with E-state index in [0.29, 0.717) is 29.2 Å². The van der Waals surface area contributed by atoms with E-state index in [1.54, 1.807) is 24.3 Å². The van der Waals surface area contributed by atoms with E-state index in [1.165, 1.54) is 18.9 Å². The molecule has 5 nitrogen and oxygen atoms in total. The highest BCUT2D eigenvalue weighted by Gasteiger charge is 2.26. The first-order valence-corrected chi connectivity index (χ1v) is 12.6. The lowest BCUT2D eigenvalue weighted by Gasteiger charge is -2.21. The number of hydrogen-bond acceptors (Lipinski definition) is 6. The van der Waals surface area contributed by atoms with Crippen molar-refractivity contribution in [2.24, 2.45) is 5.92 Å². The molecule has 0 aliphatic rings. The lowest BCUT2D eigenvalue weighted by molar-refractivity contribution is -0.139. The minimum absolute atomic E-state index is 0.0541. The molecule has 0 aliphatic carbocycles. The number of ether oxygens (including phenoxy) is 2. The van der Waals surface area contributed by atoms with E-state index in [9.17, 15) is 14.7 Å². The zero-order valence-corrected chi connectivity index (χ0v) is 21.2. The Balaban J connectivity index is 2.13. The zero-order chi connectivity index (χ0) is 24.4. The van der Waals surface area contributed by atoms with E-state index in [2.05, 4.69) is 0 Å². The smallest absolute Gasteiger partial charge is 0.309 e. The van der Waals surface area contributed by atoms with Crippen LogP contribution >= 0.6 is 23.4 Å². The van der Waals surface area contributed by atoms with Crippen molar-refractivity contribution in [2.75, 3.05) is 7.11 Å². The average molecular weight is 493 g/mol. The van der Waals surface area contributed by atoms with Crippen molar-refractivity contribution in [1.82, 2.24) is 0 Å². The molecule has 0 amide bonds. The van der Waals surface area contributed by atoms with Gasteiger partial charge in [-0.3, -0.25) is 9.59 Å². The fraction of sp³-hybridized carbons (Fsp3) is 0.462. The van der Waals surface area contributed by atoms with Gasteiger partial charge in [-0.1, -0.05) is 68.8 Å². The Hall–Kier alpha value is -2.02. The summed E-state index contributed by atoms with van der Waals surface area (Å²) < 4.78 is 10.9. The number of rotatable bonds is 13. The highest BCUT2D eigenvalue weighted by Crippen LogP contribution is 2.34. The summed E-state index contributed by atoms with van der Waals surface area (Å²) in [6.45, 7) is 5.91. The van der Waals surface area contributed by atoms with Gasteiger partial charge >= 0.3 is 5.97 Å². The minimum Gasteiger partial charge on any atom is -0.479 e. The predicted molar refractivity (Wildman–Crippen MR) is 133 cm³/mol. The van der Waals surface area contributed by atoms with Gasteiger partial charge in [0.15, 0.2) is 5.78 Å². The molecule has 0 saturated carbocycles. The van der Waals surface area contributed by atoms with Crippen LogP contribution < -0.4 is 4.74 Å². The van der Waals surface area contributed by atoms with Gasteiger partial charge in [0.25, 0.3) is 0 Å². The molecule has 2 aromatic rings. The monoisotopic (exact) mass is 492 g/mol. The normalized spacial score (nSPS) is 13.8. The molecule has 3 unspecified atom stereocenters. The topological polar surface area (TPSA) is 72.8 Å². The van der Waals surface area contributed by atoms with Gasteiger partial charge in [-0.25, -0.2) is 0 Å². The second kappa shape index (κ2) is 13.6. The Labute approximate surface area is 205 Å². The van der Waals surface area contributed by atoms with E-state index in [1.807, 2.05) is 39.0 Å². The molecule has 33 heavy (non-hydrogen) atoms. The Morgan fingerprint density at radius 1 is 1.09 bits per heavy atom. The maximum Gasteiger partial charge on any atom is 0.309 e. The number of aliphatic hydroxyl groups excluding tert-OH is 1. The number of esters is 1. The number of carbonyl (C=O) groups is 2. The number of halogens is 1. The third-order valence-corrected chi connectivity index (χ3v) is 7.10. The summed E-state index contributed by atoms with van der Waals surface area (Å²) in [5, 5.41) is 10.9. The molecule has 180 valence electrons. The van der Waals surface area contributed by atoms with E-state index in [0.717, 1.165) is 23.3 Å². The first-order valence-electron chi connectivity index (χ1n) is 11.3. The zero-order valence-electron chi connectivity index (χ0n) is 19.7. The molecule has 0 aliphatic heterocycles. The Kier molecular flexibility index (Phi) is 11.2. The van der Waals surface area contributed by atoms with Crippen LogP contribution in [0.1, 0.15) is 62.4 Å². The Morgan fingerprint density at radius 2 is 1.85 bits per heavy atom. The fourth-order valence-electron chi connectivity index (χ4n) is 3.50. The van der Waals surface area contributed by atoms with Gasteiger partial charge in [-0.05, 0) is 49.1 Å². The third-order valence-electron chi connectivity index (χ3n) is 5.37. The van der Waals surface area contributed by atoms with Crippen molar-refractivity contribution in [3.63, 3.8) is 0 Å². The van der Waals surface area contributed by atoms with E-state index in [4.69, 9.17) is 21.1 Å². The molecule has 3 atom stereocenters. The van der Waals surface area contributed by atoms with Crippen LogP contribution in [0.4, 0.5) is 0 Å². The van der Waals surface area contributed by atoms with Crippen molar-refractivity contribution < 1.29 is 24.2 Å². The second-order valence-corrected chi connectivity index (χ2v) is 9.46. The second-order valence-electron chi connectivity index (χ2n) is 7.85. The molecular weight excluding hydrogens is 460 g/mol. The molecule has 0 radical (unpaired) electrons. The van der Waals surface area contributed by atoms with Gasteiger partial charge in [0, 0.05) is 16.4 Å². The lowest BCUT2D eigenvalue weighted by atomic mass is 9.87. The van der Waals surface area contributed by atoms with Crippen LogP contribution in [0.3, 0.4) is 0 Å². The molecule has 2 rings (SSSR count). The maximum absolute atomic E-state index is 13.0. The quantitative estimate of drug-likeness (QED) is 0.152. The van der Waals surface area contributed by atoms with Gasteiger partial charge < -0.3 is 14.6 Å². The summed E-state index contributed by atoms with van der Waals surface area (Å²) in [7, 11) is 1.36. The molecule has 7 heteroatoms. The average Bonchev–Trinajstić information content (AvgIpc) is 2.82. The number of thioether (sulfide) groups is 1. The number of aliphatic hydroxyl groups is 1. The van der Waals surface area contributed by atoms with E-state index >= 15 is 0 Å². The summed E-state index contributed by atoms with van der Waals surface area (Å²) in [4.78, 5) is 25.4. The Morgan fingerprint density at radius 3 is 2.45 bits per heavy atom. The lowest BCUT2D eigenvalue weighted by Crippen LogP contribution is -2.28. The fourth-order valence-corrected chi connectivity index (χ4v) is 4.77. The molecule has 0 heterocycles. The van der Waals surface area contributed by atoms with Gasteiger partial charge in [0.2, 0.25) is 0 Å². The largest absolute Gasteiger partial charge is 0.479 e. The summed E-state index contributed by atoms with van der Waals surface area (Å²) in [5.41, 5.74) is 1.11. The van der Waals surface area contributed by atoms with Gasteiger partial charge in [-0.2, -0.15) is 0 Å². The molecular formula is C26H33ClO5S. The molecule has 2 aromatic carbocycles. The third kappa shape index (κ3) is 8.05. The van der Waals surface area contributed by atoms with E-state index in [-0.39, 0.29) is 23.6 Å². The maximum atomic E-state index is 13.0. The first kappa shape index (κ1) is 27.2. The highest BCUT2D eigenvalue weighted by molar-refractivity contribution is 7.99. The summed E-state index contributed by atoms with van der Waals surface area (Å²) in [5.74, 6) is -0.182. The highest BCUT2D eigenvalue weighted by atomic mass is 35.5. The number of Topliss-reactive ketones (excluding diaryl/α,β-unsaturated/α-hetero) is 1. The molecule has 0 aromatic heterocycles. The molecule has 0 spiro atoms. The van der Waals surface area contributed by atoms with Crippen LogP contribution in [0.25, 0.3) is 0 Å². The minimum atomic E-state index is -0.648. The van der Waals surface area contributed by atoms with E-state index < -0.39 is 12.0 Å². The molecule has 1 N–H and O–H groups in total. The number of ketones is 1. The number of methoxy groups -OCH3 is 1. The SMILES string of the molecule is CCCC(C(=O)c1cccc(OC(CC)Sc2ccc(CC(=O)OC)cc2Cl)c1)C(O)CC. The van der Waals surface area contributed by atoms with Crippen LogP contribution in [0.15, 0.2) is 47.4 Å².